The van der Waals surface area contributed by atoms with Crippen molar-refractivity contribution >= 4 is 34.8 Å². The van der Waals surface area contributed by atoms with Crippen LogP contribution in [-0.4, -0.2) is 25.5 Å². The predicted octanol–water partition coefficient (Wildman–Crippen LogP) is 5.31. The SMILES string of the molecule is COc1ccccc1/C=C(/C(=O)Nc1ccc(N2CCCC2=O)c(C)c1)c1ccccc1. The van der Waals surface area contributed by atoms with Crippen molar-refractivity contribution in [3.05, 3.63) is 89.5 Å². The largest absolute Gasteiger partial charge is 0.496 e. The van der Waals surface area contributed by atoms with E-state index in [0.717, 1.165) is 35.3 Å². The molecule has 4 rings (SSSR count). The first-order chi connectivity index (χ1) is 15.6. The average molecular weight is 427 g/mol. The van der Waals surface area contributed by atoms with Crippen LogP contribution >= 0.6 is 0 Å². The van der Waals surface area contributed by atoms with Crippen molar-refractivity contribution in [2.75, 3.05) is 23.9 Å². The standard InChI is InChI=1S/C27H26N2O3/c1-19-17-22(14-15-24(19)29-16-8-13-26(29)30)28-27(31)23(20-9-4-3-5-10-20)18-21-11-6-7-12-25(21)32-2/h3-7,9-12,14-15,17-18H,8,13,16H2,1-2H3,(H,28,31)/b23-18+. The second-order valence-electron chi connectivity index (χ2n) is 7.77. The Morgan fingerprint density at radius 1 is 1.03 bits per heavy atom. The first-order valence-electron chi connectivity index (χ1n) is 10.7. The molecule has 1 aliphatic heterocycles. The molecular weight excluding hydrogens is 400 g/mol. The molecule has 0 saturated carbocycles. The normalized spacial score (nSPS) is 13.9. The molecule has 1 N–H and O–H groups in total. The van der Waals surface area contributed by atoms with Crippen molar-refractivity contribution in [3.8, 4) is 5.75 Å². The van der Waals surface area contributed by atoms with Crippen LogP contribution < -0.4 is 15.0 Å². The minimum Gasteiger partial charge on any atom is -0.496 e. The zero-order chi connectivity index (χ0) is 22.5. The number of aryl methyl sites for hydroxylation is 1. The Labute approximate surface area is 188 Å². The number of benzene rings is 3. The molecule has 1 heterocycles. The second-order valence-corrected chi connectivity index (χ2v) is 7.77. The highest BCUT2D eigenvalue weighted by Gasteiger charge is 2.23. The summed E-state index contributed by atoms with van der Waals surface area (Å²) in [6, 6.07) is 22.8. The Kier molecular flexibility index (Phi) is 6.36. The molecule has 3 aromatic rings. The summed E-state index contributed by atoms with van der Waals surface area (Å²) in [6.07, 6.45) is 3.31. The average Bonchev–Trinajstić information content (AvgIpc) is 3.23. The molecule has 0 bridgehead atoms. The van der Waals surface area contributed by atoms with E-state index in [9.17, 15) is 9.59 Å². The van der Waals surface area contributed by atoms with Gasteiger partial charge < -0.3 is 15.0 Å². The van der Waals surface area contributed by atoms with Gasteiger partial charge in [-0.25, -0.2) is 0 Å². The lowest BCUT2D eigenvalue weighted by molar-refractivity contribution is -0.117. The summed E-state index contributed by atoms with van der Waals surface area (Å²) in [5.41, 5.74) is 4.71. The molecule has 0 radical (unpaired) electrons. The van der Waals surface area contributed by atoms with Crippen LogP contribution in [0.2, 0.25) is 0 Å². The van der Waals surface area contributed by atoms with Crippen LogP contribution in [0.25, 0.3) is 11.6 Å². The van der Waals surface area contributed by atoms with E-state index < -0.39 is 0 Å². The number of hydrogen-bond acceptors (Lipinski definition) is 3. The van der Waals surface area contributed by atoms with Crippen molar-refractivity contribution in [1.29, 1.82) is 0 Å². The molecular formula is C27H26N2O3. The van der Waals surface area contributed by atoms with Gasteiger partial charge in [-0.1, -0.05) is 48.5 Å². The molecule has 5 heteroatoms. The summed E-state index contributed by atoms with van der Waals surface area (Å²) in [5.74, 6) is 0.631. The van der Waals surface area contributed by atoms with Crippen molar-refractivity contribution < 1.29 is 14.3 Å². The lowest BCUT2D eigenvalue weighted by Gasteiger charge is -2.19. The third kappa shape index (κ3) is 4.57. The molecule has 0 spiro atoms. The van der Waals surface area contributed by atoms with Gasteiger partial charge in [-0.2, -0.15) is 0 Å². The molecule has 32 heavy (non-hydrogen) atoms. The quantitative estimate of drug-likeness (QED) is 0.429. The zero-order valence-electron chi connectivity index (χ0n) is 18.3. The van der Waals surface area contributed by atoms with E-state index in [2.05, 4.69) is 5.32 Å². The first-order valence-corrected chi connectivity index (χ1v) is 10.7. The van der Waals surface area contributed by atoms with Crippen LogP contribution in [0.4, 0.5) is 11.4 Å². The monoisotopic (exact) mass is 426 g/mol. The smallest absolute Gasteiger partial charge is 0.256 e. The van der Waals surface area contributed by atoms with E-state index in [1.807, 2.05) is 90.7 Å². The Hall–Kier alpha value is -3.86. The van der Waals surface area contributed by atoms with Gasteiger partial charge in [-0.15, -0.1) is 0 Å². The van der Waals surface area contributed by atoms with Crippen LogP contribution in [0.5, 0.6) is 5.75 Å². The molecule has 0 aromatic heterocycles. The molecule has 1 fully saturated rings. The fraction of sp³-hybridized carbons (Fsp3) is 0.185. The molecule has 5 nitrogen and oxygen atoms in total. The Morgan fingerprint density at radius 3 is 2.47 bits per heavy atom. The first kappa shape index (κ1) is 21.4. The summed E-state index contributed by atoms with van der Waals surface area (Å²) in [6.45, 7) is 2.70. The third-order valence-corrected chi connectivity index (χ3v) is 5.59. The number of amides is 2. The number of carbonyl (C=O) groups is 2. The van der Waals surface area contributed by atoms with E-state index in [-0.39, 0.29) is 11.8 Å². The zero-order valence-corrected chi connectivity index (χ0v) is 18.3. The molecule has 162 valence electrons. The Balaban J connectivity index is 1.64. The lowest BCUT2D eigenvalue weighted by Crippen LogP contribution is -2.24. The fourth-order valence-electron chi connectivity index (χ4n) is 3.98. The topological polar surface area (TPSA) is 58.6 Å². The number of nitrogens with zero attached hydrogens (tertiary/aromatic N) is 1. The van der Waals surface area contributed by atoms with Gasteiger partial charge in [0, 0.05) is 35.5 Å². The minimum absolute atomic E-state index is 0.149. The number of carbonyl (C=O) groups excluding carboxylic acids is 2. The minimum atomic E-state index is -0.216. The Bertz CT molecular complexity index is 1170. The summed E-state index contributed by atoms with van der Waals surface area (Å²) < 4.78 is 5.46. The fourth-order valence-corrected chi connectivity index (χ4v) is 3.98. The lowest BCUT2D eigenvalue weighted by atomic mass is 10.0. The van der Waals surface area contributed by atoms with Crippen LogP contribution in [0.3, 0.4) is 0 Å². The third-order valence-electron chi connectivity index (χ3n) is 5.59. The summed E-state index contributed by atoms with van der Waals surface area (Å²) in [4.78, 5) is 27.3. The number of hydrogen-bond donors (Lipinski definition) is 1. The van der Waals surface area contributed by atoms with Gasteiger partial charge in [-0.05, 0) is 54.8 Å². The molecule has 0 unspecified atom stereocenters. The maximum Gasteiger partial charge on any atom is 0.256 e. The molecule has 1 aliphatic rings. The van der Waals surface area contributed by atoms with Crippen molar-refractivity contribution in [2.45, 2.75) is 19.8 Å². The van der Waals surface area contributed by atoms with E-state index in [4.69, 9.17) is 4.74 Å². The van der Waals surface area contributed by atoms with Crippen molar-refractivity contribution in [2.24, 2.45) is 0 Å². The maximum absolute atomic E-state index is 13.3. The molecule has 2 amide bonds. The Morgan fingerprint density at radius 2 is 1.78 bits per heavy atom. The van der Waals surface area contributed by atoms with Gasteiger partial charge in [0.25, 0.3) is 5.91 Å². The number of anilines is 2. The highest BCUT2D eigenvalue weighted by molar-refractivity contribution is 6.29. The molecule has 0 aliphatic carbocycles. The number of para-hydroxylation sites is 1. The van der Waals surface area contributed by atoms with Crippen LogP contribution in [0, 0.1) is 6.92 Å². The van der Waals surface area contributed by atoms with Gasteiger partial charge >= 0.3 is 0 Å². The van der Waals surface area contributed by atoms with Crippen LogP contribution in [-0.2, 0) is 9.59 Å². The van der Waals surface area contributed by atoms with Gasteiger partial charge in [0.1, 0.15) is 5.75 Å². The van der Waals surface area contributed by atoms with Gasteiger partial charge in [0.2, 0.25) is 5.91 Å². The summed E-state index contributed by atoms with van der Waals surface area (Å²) in [7, 11) is 1.62. The van der Waals surface area contributed by atoms with Crippen molar-refractivity contribution in [3.63, 3.8) is 0 Å². The summed E-state index contributed by atoms with van der Waals surface area (Å²) >= 11 is 0. The predicted molar refractivity (Wildman–Crippen MR) is 129 cm³/mol. The van der Waals surface area contributed by atoms with E-state index in [1.165, 1.54) is 0 Å². The van der Waals surface area contributed by atoms with E-state index in [1.54, 1.807) is 7.11 Å². The highest BCUT2D eigenvalue weighted by Crippen LogP contribution is 2.29. The molecule has 1 saturated heterocycles. The van der Waals surface area contributed by atoms with Gasteiger partial charge in [-0.3, -0.25) is 9.59 Å². The number of ether oxygens (including phenoxy) is 1. The van der Waals surface area contributed by atoms with Crippen molar-refractivity contribution in [1.82, 2.24) is 0 Å². The second kappa shape index (κ2) is 9.52. The van der Waals surface area contributed by atoms with Crippen LogP contribution in [0.15, 0.2) is 72.8 Å². The van der Waals surface area contributed by atoms with E-state index in [0.29, 0.717) is 23.4 Å². The number of nitrogens with one attached hydrogen (secondary N) is 1. The number of rotatable bonds is 6. The van der Waals surface area contributed by atoms with E-state index >= 15 is 0 Å². The maximum atomic E-state index is 13.3. The highest BCUT2D eigenvalue weighted by atomic mass is 16.5. The summed E-state index contributed by atoms with van der Waals surface area (Å²) in [5, 5.41) is 3.02. The van der Waals surface area contributed by atoms with Crippen LogP contribution in [0.1, 0.15) is 29.5 Å². The molecule has 0 atom stereocenters. The number of methoxy groups -OCH3 is 1. The van der Waals surface area contributed by atoms with Gasteiger partial charge in [0.05, 0.1) is 7.11 Å². The molecule has 3 aromatic carbocycles. The van der Waals surface area contributed by atoms with Gasteiger partial charge in [0.15, 0.2) is 0 Å².